The summed E-state index contributed by atoms with van der Waals surface area (Å²) < 4.78 is 10.7. The van der Waals surface area contributed by atoms with Crippen molar-refractivity contribution in [2.45, 2.75) is 39.7 Å². The number of rotatable bonds is 8. The second-order valence-electron chi connectivity index (χ2n) is 6.62. The van der Waals surface area contributed by atoms with Crippen LogP contribution in [0.25, 0.3) is 0 Å². The summed E-state index contributed by atoms with van der Waals surface area (Å²) in [5.74, 6) is -0.936. The molecule has 8 heteroatoms. The zero-order chi connectivity index (χ0) is 20.8. The van der Waals surface area contributed by atoms with Crippen molar-refractivity contribution in [2.24, 2.45) is 5.73 Å². The number of hydrogen-bond acceptors (Lipinski definition) is 6. The van der Waals surface area contributed by atoms with Gasteiger partial charge >= 0.3 is 5.97 Å². The summed E-state index contributed by atoms with van der Waals surface area (Å²) in [5.41, 5.74) is 7.45. The molecule has 2 amide bonds. The van der Waals surface area contributed by atoms with E-state index in [2.05, 4.69) is 19.2 Å². The number of carbonyl (C=O) groups excluding carboxylic acids is 3. The number of nitrogens with two attached hydrogens (primary N) is 1. The summed E-state index contributed by atoms with van der Waals surface area (Å²) in [4.78, 5) is 35.5. The van der Waals surface area contributed by atoms with Crippen LogP contribution in [0.4, 0.5) is 5.00 Å². The summed E-state index contributed by atoms with van der Waals surface area (Å²) in [5, 5.41) is 4.49. The van der Waals surface area contributed by atoms with Crippen LogP contribution in [0.2, 0.25) is 0 Å². The Morgan fingerprint density at radius 2 is 1.89 bits per heavy atom. The van der Waals surface area contributed by atoms with E-state index in [4.69, 9.17) is 15.2 Å². The van der Waals surface area contributed by atoms with Crippen LogP contribution < -0.4 is 15.8 Å². The Morgan fingerprint density at radius 3 is 2.54 bits per heavy atom. The molecule has 2 rings (SSSR count). The average molecular weight is 404 g/mol. The van der Waals surface area contributed by atoms with Crippen molar-refractivity contribution in [3.8, 4) is 5.75 Å². The quantitative estimate of drug-likeness (QED) is 0.657. The number of benzene rings is 1. The van der Waals surface area contributed by atoms with Gasteiger partial charge in [-0.15, -0.1) is 11.3 Å². The SMILES string of the molecule is Cc1ccc(C(C)C)cc1OCC(=O)O[C@@H](C)C(=O)Nc1sccc1C(N)=O. The monoisotopic (exact) mass is 404 g/mol. The summed E-state index contributed by atoms with van der Waals surface area (Å²) >= 11 is 1.16. The molecule has 1 heterocycles. The maximum absolute atomic E-state index is 12.2. The third-order valence-electron chi connectivity index (χ3n) is 4.07. The van der Waals surface area contributed by atoms with Crippen LogP contribution in [-0.2, 0) is 14.3 Å². The third-order valence-corrected chi connectivity index (χ3v) is 4.90. The molecule has 150 valence electrons. The minimum Gasteiger partial charge on any atom is -0.482 e. The van der Waals surface area contributed by atoms with Crippen molar-refractivity contribution < 1.29 is 23.9 Å². The highest BCUT2D eigenvalue weighted by Gasteiger charge is 2.21. The summed E-state index contributed by atoms with van der Waals surface area (Å²) in [6, 6.07) is 7.36. The molecule has 0 aliphatic heterocycles. The number of nitrogens with one attached hydrogen (secondary N) is 1. The standard InChI is InChI=1S/C20H24N2O5S/c1-11(2)14-6-5-12(3)16(9-14)26-10-17(23)27-13(4)19(25)22-20-15(18(21)24)7-8-28-20/h5-9,11,13H,10H2,1-4H3,(H2,21,24)(H,22,25)/t13-/m0/s1. The summed E-state index contributed by atoms with van der Waals surface area (Å²) in [6.45, 7) is 7.15. The lowest BCUT2D eigenvalue weighted by atomic mass is 10.0. The minimum absolute atomic E-state index is 0.209. The first-order valence-corrected chi connectivity index (χ1v) is 9.68. The Balaban J connectivity index is 1.90. The van der Waals surface area contributed by atoms with Crippen molar-refractivity contribution in [2.75, 3.05) is 11.9 Å². The number of esters is 1. The van der Waals surface area contributed by atoms with E-state index >= 15 is 0 Å². The molecule has 1 aromatic heterocycles. The molecule has 1 aromatic carbocycles. The zero-order valence-electron chi connectivity index (χ0n) is 16.3. The average Bonchev–Trinajstić information content (AvgIpc) is 3.09. The first-order valence-electron chi connectivity index (χ1n) is 8.80. The molecule has 1 atom stereocenters. The number of hydrogen-bond donors (Lipinski definition) is 2. The Labute approximate surface area is 167 Å². The van der Waals surface area contributed by atoms with Gasteiger partial charge in [-0.1, -0.05) is 26.0 Å². The number of aryl methyl sites for hydroxylation is 1. The topological polar surface area (TPSA) is 108 Å². The second kappa shape index (κ2) is 9.36. The Hall–Kier alpha value is -2.87. The van der Waals surface area contributed by atoms with Gasteiger partial charge in [0.05, 0.1) is 5.56 Å². The number of thiophene rings is 1. The molecule has 0 aliphatic carbocycles. The van der Waals surface area contributed by atoms with E-state index in [9.17, 15) is 14.4 Å². The van der Waals surface area contributed by atoms with E-state index in [0.29, 0.717) is 16.7 Å². The highest BCUT2D eigenvalue weighted by atomic mass is 32.1. The van der Waals surface area contributed by atoms with Gasteiger partial charge in [-0.3, -0.25) is 9.59 Å². The lowest BCUT2D eigenvalue weighted by Crippen LogP contribution is -2.32. The Morgan fingerprint density at radius 1 is 1.18 bits per heavy atom. The molecule has 0 radical (unpaired) electrons. The van der Waals surface area contributed by atoms with Crippen molar-refractivity contribution >= 4 is 34.1 Å². The largest absolute Gasteiger partial charge is 0.482 e. The van der Waals surface area contributed by atoms with E-state index in [1.807, 2.05) is 25.1 Å². The number of carbonyl (C=O) groups is 3. The number of anilines is 1. The molecule has 0 fully saturated rings. The minimum atomic E-state index is -1.05. The molecule has 7 nitrogen and oxygen atoms in total. The van der Waals surface area contributed by atoms with Crippen molar-refractivity contribution in [1.29, 1.82) is 0 Å². The highest BCUT2D eigenvalue weighted by molar-refractivity contribution is 7.14. The Bertz CT molecular complexity index is 875. The predicted octanol–water partition coefficient (Wildman–Crippen LogP) is 3.23. The predicted molar refractivity (Wildman–Crippen MR) is 108 cm³/mol. The van der Waals surface area contributed by atoms with Crippen molar-refractivity contribution in [3.63, 3.8) is 0 Å². The number of primary amides is 1. The van der Waals surface area contributed by atoms with Crippen molar-refractivity contribution in [3.05, 3.63) is 46.3 Å². The molecule has 0 saturated carbocycles. The number of ether oxygens (including phenoxy) is 2. The van der Waals surface area contributed by atoms with E-state index in [-0.39, 0.29) is 12.2 Å². The lowest BCUT2D eigenvalue weighted by molar-refractivity contribution is -0.155. The molecule has 0 saturated heterocycles. The zero-order valence-corrected chi connectivity index (χ0v) is 17.1. The molecule has 0 unspecified atom stereocenters. The smallest absolute Gasteiger partial charge is 0.344 e. The molecular weight excluding hydrogens is 380 g/mol. The maximum atomic E-state index is 12.2. The van der Waals surface area contributed by atoms with Gasteiger partial charge in [0.1, 0.15) is 10.8 Å². The van der Waals surface area contributed by atoms with E-state index in [1.54, 1.807) is 5.38 Å². The second-order valence-corrected chi connectivity index (χ2v) is 7.53. The Kier molecular flexibility index (Phi) is 7.17. The van der Waals surface area contributed by atoms with Gasteiger partial charge in [0.2, 0.25) is 0 Å². The normalized spacial score (nSPS) is 11.8. The van der Waals surface area contributed by atoms with Crippen LogP contribution in [0.15, 0.2) is 29.6 Å². The van der Waals surface area contributed by atoms with E-state index in [1.165, 1.54) is 13.0 Å². The maximum Gasteiger partial charge on any atom is 0.344 e. The molecular formula is C20H24N2O5S. The van der Waals surface area contributed by atoms with Gasteiger partial charge in [0, 0.05) is 0 Å². The third kappa shape index (κ3) is 5.56. The van der Waals surface area contributed by atoms with Gasteiger partial charge in [-0.05, 0) is 48.4 Å². The van der Waals surface area contributed by atoms with Crippen LogP contribution in [0.1, 0.15) is 48.2 Å². The van der Waals surface area contributed by atoms with Gasteiger partial charge in [-0.25, -0.2) is 4.79 Å². The van der Waals surface area contributed by atoms with Crippen LogP contribution in [0.5, 0.6) is 5.75 Å². The molecule has 0 bridgehead atoms. The van der Waals surface area contributed by atoms with Crippen molar-refractivity contribution in [1.82, 2.24) is 0 Å². The first-order chi connectivity index (χ1) is 13.2. The molecule has 3 N–H and O–H groups in total. The van der Waals surface area contributed by atoms with Gasteiger partial charge in [-0.2, -0.15) is 0 Å². The fraction of sp³-hybridized carbons (Fsp3) is 0.350. The van der Waals surface area contributed by atoms with Crippen LogP contribution in [-0.4, -0.2) is 30.5 Å². The van der Waals surface area contributed by atoms with Crippen LogP contribution >= 0.6 is 11.3 Å². The van der Waals surface area contributed by atoms with Crippen LogP contribution in [0, 0.1) is 6.92 Å². The summed E-state index contributed by atoms with van der Waals surface area (Å²) in [6.07, 6.45) is -1.05. The highest BCUT2D eigenvalue weighted by Crippen LogP contribution is 2.25. The number of amides is 2. The van der Waals surface area contributed by atoms with Gasteiger partial charge < -0.3 is 20.5 Å². The van der Waals surface area contributed by atoms with Gasteiger partial charge in [0.15, 0.2) is 12.7 Å². The fourth-order valence-electron chi connectivity index (χ4n) is 2.37. The molecule has 0 spiro atoms. The first kappa shape index (κ1) is 21.4. The summed E-state index contributed by atoms with van der Waals surface area (Å²) in [7, 11) is 0. The fourth-order valence-corrected chi connectivity index (χ4v) is 3.16. The molecule has 28 heavy (non-hydrogen) atoms. The van der Waals surface area contributed by atoms with E-state index < -0.39 is 23.9 Å². The molecule has 2 aromatic rings. The molecule has 0 aliphatic rings. The van der Waals surface area contributed by atoms with Gasteiger partial charge in [0.25, 0.3) is 11.8 Å². The lowest BCUT2D eigenvalue weighted by Gasteiger charge is -2.15. The van der Waals surface area contributed by atoms with Crippen LogP contribution in [0.3, 0.4) is 0 Å². The van der Waals surface area contributed by atoms with E-state index in [0.717, 1.165) is 22.5 Å².